The summed E-state index contributed by atoms with van der Waals surface area (Å²) in [7, 11) is 0. The maximum absolute atomic E-state index is 11.5. The molecule has 1 saturated heterocycles. The molecular weight excluding hydrogens is 164 g/mol. The second-order valence-corrected chi connectivity index (χ2v) is 3.85. The molecule has 0 saturated carbocycles. The molecule has 1 aliphatic heterocycles. The van der Waals surface area contributed by atoms with E-state index in [-0.39, 0.29) is 6.04 Å². The molecule has 0 aromatic carbocycles. The van der Waals surface area contributed by atoms with E-state index in [9.17, 15) is 4.79 Å². The summed E-state index contributed by atoms with van der Waals surface area (Å²) in [6, 6.07) is 0.218. The maximum atomic E-state index is 11.5. The van der Waals surface area contributed by atoms with Crippen molar-refractivity contribution in [2.45, 2.75) is 45.1 Å². The van der Waals surface area contributed by atoms with Crippen LogP contribution in [0.1, 0.15) is 39.0 Å². The summed E-state index contributed by atoms with van der Waals surface area (Å²) in [6.07, 6.45) is 5.04. The van der Waals surface area contributed by atoms with Crippen LogP contribution in [0.3, 0.4) is 0 Å². The number of nitrogens with zero attached hydrogens (tertiary/aromatic N) is 1. The number of unbranched alkanes of at least 4 members (excludes halogenated alkanes) is 2. The zero-order valence-corrected chi connectivity index (χ0v) is 8.46. The molecule has 1 heterocycles. The summed E-state index contributed by atoms with van der Waals surface area (Å²) in [6.45, 7) is 3.79. The van der Waals surface area contributed by atoms with Crippen molar-refractivity contribution in [3.05, 3.63) is 0 Å². The van der Waals surface area contributed by atoms with Crippen LogP contribution in [0.5, 0.6) is 0 Å². The van der Waals surface area contributed by atoms with Gasteiger partial charge in [-0.15, -0.1) is 0 Å². The molecule has 3 nitrogen and oxygen atoms in total. The predicted octanol–water partition coefficient (Wildman–Crippen LogP) is 1.13. The van der Waals surface area contributed by atoms with Gasteiger partial charge in [-0.3, -0.25) is 4.79 Å². The van der Waals surface area contributed by atoms with Gasteiger partial charge in [0, 0.05) is 25.6 Å². The van der Waals surface area contributed by atoms with Gasteiger partial charge >= 0.3 is 0 Å². The van der Waals surface area contributed by atoms with Crippen LogP contribution in [0, 0.1) is 0 Å². The van der Waals surface area contributed by atoms with Crippen molar-refractivity contribution in [3.63, 3.8) is 0 Å². The fourth-order valence-electron chi connectivity index (χ4n) is 1.70. The van der Waals surface area contributed by atoms with Crippen LogP contribution in [-0.2, 0) is 4.79 Å². The van der Waals surface area contributed by atoms with E-state index in [1.54, 1.807) is 0 Å². The molecule has 1 fully saturated rings. The van der Waals surface area contributed by atoms with Crippen LogP contribution in [0.15, 0.2) is 0 Å². The first kappa shape index (κ1) is 10.5. The third kappa shape index (κ3) is 3.35. The molecule has 3 heteroatoms. The van der Waals surface area contributed by atoms with Gasteiger partial charge in [-0.2, -0.15) is 0 Å². The molecule has 2 N–H and O–H groups in total. The van der Waals surface area contributed by atoms with Gasteiger partial charge in [0.05, 0.1) is 0 Å². The molecule has 1 rings (SSSR count). The van der Waals surface area contributed by atoms with E-state index >= 15 is 0 Å². The highest BCUT2D eigenvalue weighted by Gasteiger charge is 2.22. The minimum atomic E-state index is 0.218. The summed E-state index contributed by atoms with van der Waals surface area (Å²) in [5.74, 6) is 0.293. The van der Waals surface area contributed by atoms with Gasteiger partial charge in [-0.05, 0) is 12.8 Å². The number of hydrogen-bond donors (Lipinski definition) is 1. The van der Waals surface area contributed by atoms with E-state index in [2.05, 4.69) is 6.92 Å². The minimum absolute atomic E-state index is 0.218. The van der Waals surface area contributed by atoms with Crippen LogP contribution in [0.4, 0.5) is 0 Å². The number of likely N-dealkylation sites (tertiary alicyclic amines) is 1. The Balaban J connectivity index is 2.16. The van der Waals surface area contributed by atoms with E-state index in [0.29, 0.717) is 12.3 Å². The van der Waals surface area contributed by atoms with Crippen LogP contribution in [0.25, 0.3) is 0 Å². The van der Waals surface area contributed by atoms with Crippen molar-refractivity contribution in [1.29, 1.82) is 0 Å². The topological polar surface area (TPSA) is 46.3 Å². The number of hydrogen-bond acceptors (Lipinski definition) is 2. The number of carbonyl (C=O) groups is 1. The third-order valence-corrected chi connectivity index (χ3v) is 2.57. The van der Waals surface area contributed by atoms with Gasteiger partial charge in [-0.25, -0.2) is 0 Å². The highest BCUT2D eigenvalue weighted by atomic mass is 16.2. The number of carbonyl (C=O) groups excluding carboxylic acids is 1. The molecule has 0 bridgehead atoms. The number of amides is 1. The molecule has 0 aliphatic carbocycles. The van der Waals surface area contributed by atoms with Crippen LogP contribution >= 0.6 is 0 Å². The average molecular weight is 184 g/mol. The highest BCUT2D eigenvalue weighted by molar-refractivity contribution is 5.76. The van der Waals surface area contributed by atoms with E-state index in [1.165, 1.54) is 6.42 Å². The summed E-state index contributed by atoms with van der Waals surface area (Å²) >= 11 is 0. The average Bonchev–Trinajstić information content (AvgIpc) is 2.52. The van der Waals surface area contributed by atoms with Crippen molar-refractivity contribution < 1.29 is 4.79 Å². The van der Waals surface area contributed by atoms with Crippen molar-refractivity contribution in [2.24, 2.45) is 5.73 Å². The molecule has 0 spiro atoms. The monoisotopic (exact) mass is 184 g/mol. The van der Waals surface area contributed by atoms with Crippen molar-refractivity contribution >= 4 is 5.91 Å². The fourth-order valence-corrected chi connectivity index (χ4v) is 1.70. The van der Waals surface area contributed by atoms with Crippen LogP contribution in [-0.4, -0.2) is 29.9 Å². The Kier molecular flexibility index (Phi) is 4.22. The molecule has 1 aliphatic rings. The van der Waals surface area contributed by atoms with Gasteiger partial charge in [0.1, 0.15) is 0 Å². The number of rotatable bonds is 4. The molecular formula is C10H20N2O. The van der Waals surface area contributed by atoms with E-state index in [1.807, 2.05) is 4.90 Å². The molecule has 1 amide bonds. The van der Waals surface area contributed by atoms with Crippen LogP contribution < -0.4 is 5.73 Å². The highest BCUT2D eigenvalue weighted by Crippen LogP contribution is 2.10. The summed E-state index contributed by atoms with van der Waals surface area (Å²) in [4.78, 5) is 13.4. The zero-order chi connectivity index (χ0) is 9.68. The van der Waals surface area contributed by atoms with Crippen LogP contribution in [0.2, 0.25) is 0 Å². The lowest BCUT2D eigenvalue weighted by molar-refractivity contribution is -0.130. The molecule has 1 unspecified atom stereocenters. The van der Waals surface area contributed by atoms with E-state index < -0.39 is 0 Å². The molecule has 0 radical (unpaired) electrons. The Morgan fingerprint density at radius 2 is 2.31 bits per heavy atom. The molecule has 76 valence electrons. The van der Waals surface area contributed by atoms with E-state index in [0.717, 1.165) is 32.4 Å². The Morgan fingerprint density at radius 3 is 2.85 bits per heavy atom. The van der Waals surface area contributed by atoms with Gasteiger partial charge < -0.3 is 10.6 Å². The zero-order valence-electron chi connectivity index (χ0n) is 8.46. The summed E-state index contributed by atoms with van der Waals surface area (Å²) < 4.78 is 0. The maximum Gasteiger partial charge on any atom is 0.222 e. The molecule has 1 atom stereocenters. The van der Waals surface area contributed by atoms with Gasteiger partial charge in [-0.1, -0.05) is 19.8 Å². The first-order valence-corrected chi connectivity index (χ1v) is 5.27. The number of nitrogens with two attached hydrogens (primary N) is 1. The Hall–Kier alpha value is -0.570. The molecule has 0 aromatic heterocycles. The Bertz CT molecular complexity index is 170. The smallest absolute Gasteiger partial charge is 0.222 e. The van der Waals surface area contributed by atoms with Crippen molar-refractivity contribution in [2.75, 3.05) is 13.1 Å². The lowest BCUT2D eigenvalue weighted by Gasteiger charge is -2.15. The minimum Gasteiger partial charge on any atom is -0.341 e. The first-order valence-electron chi connectivity index (χ1n) is 5.27. The summed E-state index contributed by atoms with van der Waals surface area (Å²) in [5.41, 5.74) is 5.72. The fraction of sp³-hybridized carbons (Fsp3) is 0.900. The third-order valence-electron chi connectivity index (χ3n) is 2.57. The molecule has 13 heavy (non-hydrogen) atoms. The Labute approximate surface area is 80.3 Å². The lowest BCUT2D eigenvalue weighted by atomic mass is 10.2. The Morgan fingerprint density at radius 1 is 1.54 bits per heavy atom. The van der Waals surface area contributed by atoms with Gasteiger partial charge in [0.15, 0.2) is 0 Å². The first-order chi connectivity index (χ1) is 6.24. The lowest BCUT2D eigenvalue weighted by Crippen LogP contribution is -2.31. The second kappa shape index (κ2) is 5.22. The van der Waals surface area contributed by atoms with Gasteiger partial charge in [0.25, 0.3) is 0 Å². The standard InChI is InChI=1S/C10H20N2O/c1-2-3-4-5-10(13)12-7-6-9(11)8-12/h9H,2-8,11H2,1H3. The predicted molar refractivity (Wildman–Crippen MR) is 53.3 cm³/mol. The molecule has 0 aromatic rings. The second-order valence-electron chi connectivity index (χ2n) is 3.85. The van der Waals surface area contributed by atoms with Gasteiger partial charge in [0.2, 0.25) is 5.91 Å². The largest absolute Gasteiger partial charge is 0.341 e. The van der Waals surface area contributed by atoms with Crippen molar-refractivity contribution in [1.82, 2.24) is 4.90 Å². The quantitative estimate of drug-likeness (QED) is 0.666. The summed E-state index contributed by atoms with van der Waals surface area (Å²) in [5, 5.41) is 0. The van der Waals surface area contributed by atoms with E-state index in [4.69, 9.17) is 5.73 Å². The van der Waals surface area contributed by atoms with Crippen molar-refractivity contribution in [3.8, 4) is 0 Å². The SMILES string of the molecule is CCCCCC(=O)N1CCC(N)C1. The normalized spacial score (nSPS) is 22.3.